The molecule has 1 fully saturated rings. The second kappa shape index (κ2) is 4.94. The molecule has 0 amide bonds. The van der Waals surface area contributed by atoms with E-state index < -0.39 is 11.7 Å². The summed E-state index contributed by atoms with van der Waals surface area (Å²) in [7, 11) is 0. The van der Waals surface area contributed by atoms with Gasteiger partial charge in [0.15, 0.2) is 0 Å². The van der Waals surface area contributed by atoms with E-state index in [4.69, 9.17) is 9.84 Å². The summed E-state index contributed by atoms with van der Waals surface area (Å²) in [6, 6.07) is 3.33. The van der Waals surface area contributed by atoms with Gasteiger partial charge in [-0.05, 0) is 12.5 Å². The molecule has 0 bridgehead atoms. The maximum atomic E-state index is 12.1. The maximum absolute atomic E-state index is 12.1. The Balaban J connectivity index is 2.40. The minimum absolute atomic E-state index is 0.286. The largest absolute Gasteiger partial charge is 0.464 e. The summed E-state index contributed by atoms with van der Waals surface area (Å²) in [6.45, 7) is 3.10. The van der Waals surface area contributed by atoms with Gasteiger partial charge in [0.05, 0.1) is 13.2 Å². The Morgan fingerprint density at radius 1 is 1.56 bits per heavy atom. The second-order valence-corrected chi connectivity index (χ2v) is 4.76. The van der Waals surface area contributed by atoms with E-state index in [1.807, 2.05) is 0 Å². The first-order valence-corrected chi connectivity index (χ1v) is 6.14. The third-order valence-corrected chi connectivity index (χ3v) is 3.49. The lowest BCUT2D eigenvalue weighted by molar-refractivity contribution is -0.0660. The first-order valence-electron chi connectivity index (χ1n) is 6.14. The van der Waals surface area contributed by atoms with Crippen LogP contribution in [0.3, 0.4) is 0 Å². The van der Waals surface area contributed by atoms with Crippen LogP contribution in [0, 0.1) is 0 Å². The predicted octanol–water partition coefficient (Wildman–Crippen LogP) is 1.83. The Morgan fingerprint density at radius 2 is 2.28 bits per heavy atom. The molecule has 2 rings (SSSR count). The number of carbonyl (C=O) groups is 1. The van der Waals surface area contributed by atoms with Crippen LogP contribution in [-0.2, 0) is 10.2 Å². The highest BCUT2D eigenvalue weighted by molar-refractivity contribution is 5.67. The van der Waals surface area contributed by atoms with Crippen molar-refractivity contribution >= 4 is 6.09 Å². The number of pyridine rings is 1. The molecule has 5 heteroatoms. The first-order chi connectivity index (χ1) is 8.60. The summed E-state index contributed by atoms with van der Waals surface area (Å²) in [5, 5.41) is 8.95. The molecule has 0 spiro atoms. The average molecular weight is 251 g/mol. The van der Waals surface area contributed by atoms with Crippen molar-refractivity contribution < 1.29 is 14.6 Å². The van der Waals surface area contributed by atoms with Crippen molar-refractivity contribution in [1.82, 2.24) is 4.57 Å². The fraction of sp³-hybridized carbons (Fsp3) is 0.538. The molecule has 1 aliphatic rings. The van der Waals surface area contributed by atoms with E-state index in [0.29, 0.717) is 18.8 Å². The average Bonchev–Trinajstić information content (AvgIpc) is 2.29. The van der Waals surface area contributed by atoms with Crippen molar-refractivity contribution in [3.63, 3.8) is 0 Å². The van der Waals surface area contributed by atoms with Crippen LogP contribution in [-0.4, -0.2) is 29.0 Å². The van der Waals surface area contributed by atoms with E-state index in [-0.39, 0.29) is 5.41 Å². The van der Waals surface area contributed by atoms with Crippen LogP contribution in [0.25, 0.3) is 0 Å². The van der Waals surface area contributed by atoms with Gasteiger partial charge in [0.25, 0.3) is 5.56 Å². The van der Waals surface area contributed by atoms with Crippen LogP contribution in [0.5, 0.6) is 0 Å². The molecule has 0 aliphatic carbocycles. The lowest BCUT2D eigenvalue weighted by Gasteiger charge is -2.41. The Bertz CT molecular complexity index is 502. The zero-order chi connectivity index (χ0) is 13.2. The standard InChI is InChI=1S/C13H17NO4/c1-2-3-6-13(8-18-9-13)10-5-4-7-14(11(10)15)12(16)17/h4-5,7H,2-3,6,8-9H2,1H3,(H,16,17). The normalized spacial score (nSPS) is 17.2. The number of hydrogen-bond donors (Lipinski definition) is 1. The lowest BCUT2D eigenvalue weighted by Crippen LogP contribution is -2.50. The van der Waals surface area contributed by atoms with E-state index in [2.05, 4.69) is 6.92 Å². The number of ether oxygens (including phenoxy) is 1. The minimum atomic E-state index is -1.24. The van der Waals surface area contributed by atoms with Gasteiger partial charge in [-0.1, -0.05) is 25.8 Å². The zero-order valence-electron chi connectivity index (χ0n) is 10.4. The van der Waals surface area contributed by atoms with Gasteiger partial charge in [-0.15, -0.1) is 0 Å². The van der Waals surface area contributed by atoms with Crippen molar-refractivity contribution in [1.29, 1.82) is 0 Å². The minimum Gasteiger partial charge on any atom is -0.464 e. The number of unbranched alkanes of at least 4 members (excludes halogenated alkanes) is 1. The van der Waals surface area contributed by atoms with Crippen molar-refractivity contribution in [2.75, 3.05) is 13.2 Å². The molecule has 18 heavy (non-hydrogen) atoms. The number of nitrogens with zero attached hydrogens (tertiary/aromatic N) is 1. The highest BCUT2D eigenvalue weighted by Gasteiger charge is 2.41. The summed E-state index contributed by atoms with van der Waals surface area (Å²) < 4.78 is 5.99. The molecular weight excluding hydrogens is 234 g/mol. The molecule has 1 aromatic rings. The van der Waals surface area contributed by atoms with Crippen molar-refractivity contribution in [3.8, 4) is 0 Å². The van der Waals surface area contributed by atoms with E-state index >= 15 is 0 Å². The van der Waals surface area contributed by atoms with Gasteiger partial charge in [0.1, 0.15) is 0 Å². The molecule has 5 nitrogen and oxygen atoms in total. The second-order valence-electron chi connectivity index (χ2n) is 4.76. The van der Waals surface area contributed by atoms with Crippen LogP contribution in [0.2, 0.25) is 0 Å². The van der Waals surface area contributed by atoms with E-state index in [1.165, 1.54) is 6.20 Å². The molecule has 1 aliphatic heterocycles. The fourth-order valence-corrected chi connectivity index (χ4v) is 2.35. The molecule has 0 atom stereocenters. The van der Waals surface area contributed by atoms with Crippen LogP contribution < -0.4 is 5.56 Å². The molecular formula is C13H17NO4. The summed E-state index contributed by atoms with van der Waals surface area (Å²) in [4.78, 5) is 23.1. The van der Waals surface area contributed by atoms with Gasteiger partial charge >= 0.3 is 6.09 Å². The molecule has 98 valence electrons. The topological polar surface area (TPSA) is 68.5 Å². The molecule has 0 aromatic carbocycles. The third-order valence-electron chi connectivity index (χ3n) is 3.49. The van der Waals surface area contributed by atoms with E-state index in [0.717, 1.165) is 23.8 Å². The first kappa shape index (κ1) is 12.8. The van der Waals surface area contributed by atoms with Crippen LogP contribution in [0.1, 0.15) is 31.7 Å². The van der Waals surface area contributed by atoms with Crippen LogP contribution in [0.15, 0.2) is 23.1 Å². The van der Waals surface area contributed by atoms with Crippen molar-refractivity contribution in [2.45, 2.75) is 31.6 Å². The van der Waals surface area contributed by atoms with Gasteiger partial charge in [-0.3, -0.25) is 4.79 Å². The molecule has 0 radical (unpaired) electrons. The van der Waals surface area contributed by atoms with Gasteiger partial charge in [-0.25, -0.2) is 9.36 Å². The predicted molar refractivity (Wildman–Crippen MR) is 66.1 cm³/mol. The third kappa shape index (κ3) is 2.06. The molecule has 2 heterocycles. The molecule has 1 aromatic heterocycles. The highest BCUT2D eigenvalue weighted by Crippen LogP contribution is 2.35. The Morgan fingerprint density at radius 3 is 2.78 bits per heavy atom. The number of carboxylic acid groups (broad SMARTS) is 1. The van der Waals surface area contributed by atoms with Crippen molar-refractivity contribution in [3.05, 3.63) is 34.2 Å². The van der Waals surface area contributed by atoms with E-state index in [9.17, 15) is 9.59 Å². The van der Waals surface area contributed by atoms with Crippen LogP contribution >= 0.6 is 0 Å². The molecule has 1 saturated heterocycles. The highest BCUT2D eigenvalue weighted by atomic mass is 16.5. The van der Waals surface area contributed by atoms with Gasteiger partial charge < -0.3 is 9.84 Å². The van der Waals surface area contributed by atoms with Gasteiger partial charge in [-0.2, -0.15) is 0 Å². The fourth-order valence-electron chi connectivity index (χ4n) is 2.35. The Kier molecular flexibility index (Phi) is 3.52. The Hall–Kier alpha value is -1.62. The maximum Gasteiger partial charge on any atom is 0.418 e. The quantitative estimate of drug-likeness (QED) is 0.886. The molecule has 0 saturated carbocycles. The Labute approximate surface area is 105 Å². The summed E-state index contributed by atoms with van der Waals surface area (Å²) in [5.41, 5.74) is -0.164. The van der Waals surface area contributed by atoms with Gasteiger partial charge in [0, 0.05) is 17.2 Å². The smallest absolute Gasteiger partial charge is 0.418 e. The summed E-state index contributed by atoms with van der Waals surface area (Å²) in [6.07, 6.45) is 2.95. The monoisotopic (exact) mass is 251 g/mol. The van der Waals surface area contributed by atoms with E-state index in [1.54, 1.807) is 12.1 Å². The zero-order valence-corrected chi connectivity index (χ0v) is 10.4. The van der Waals surface area contributed by atoms with Gasteiger partial charge in [0.2, 0.25) is 0 Å². The molecule has 0 unspecified atom stereocenters. The summed E-state index contributed by atoms with van der Waals surface area (Å²) >= 11 is 0. The molecule has 1 N–H and O–H groups in total. The lowest BCUT2D eigenvalue weighted by atomic mass is 9.75. The van der Waals surface area contributed by atoms with Crippen LogP contribution in [0.4, 0.5) is 4.79 Å². The number of rotatable bonds is 4. The number of hydrogen-bond acceptors (Lipinski definition) is 3. The number of aromatic nitrogens is 1. The summed E-state index contributed by atoms with van der Waals surface area (Å²) in [5.74, 6) is 0. The SMILES string of the molecule is CCCCC1(c2cccn(C(=O)O)c2=O)COC1. The van der Waals surface area contributed by atoms with Crippen molar-refractivity contribution in [2.24, 2.45) is 0 Å².